The lowest BCUT2D eigenvalue weighted by Gasteiger charge is -2.12. The number of hydrogen-bond donors (Lipinski definition) is 3. The average Bonchev–Trinajstić information content (AvgIpc) is 2.72. The molecule has 0 radical (unpaired) electrons. The first-order chi connectivity index (χ1) is 7.99. The summed E-state index contributed by atoms with van der Waals surface area (Å²) in [7, 11) is 0. The van der Waals surface area contributed by atoms with E-state index in [4.69, 9.17) is 10.2 Å². The smallest absolute Gasteiger partial charge is 0.307 e. The number of aliphatic carboxylic acids is 1. The molecule has 1 fully saturated rings. The van der Waals surface area contributed by atoms with Crippen LogP contribution < -0.4 is 5.32 Å². The normalized spacial score (nSPS) is 23.9. The third kappa shape index (κ3) is 2.21. The minimum absolute atomic E-state index is 0.0454. The van der Waals surface area contributed by atoms with Crippen molar-refractivity contribution in [2.45, 2.75) is 12.5 Å². The summed E-state index contributed by atoms with van der Waals surface area (Å²) in [5.41, 5.74) is 0.0454. The molecule has 1 saturated heterocycles. The summed E-state index contributed by atoms with van der Waals surface area (Å²) in [5.74, 6) is -3.97. The van der Waals surface area contributed by atoms with Gasteiger partial charge in [0.2, 0.25) is 0 Å². The largest absolute Gasteiger partial charge is 0.505 e. The molecule has 0 bridgehead atoms. The van der Waals surface area contributed by atoms with Gasteiger partial charge in [0.15, 0.2) is 11.6 Å². The Balaban J connectivity index is 2.24. The summed E-state index contributed by atoms with van der Waals surface area (Å²) in [6, 6.07) is 1.05. The Hall–Kier alpha value is -1.69. The van der Waals surface area contributed by atoms with Crippen molar-refractivity contribution >= 4 is 5.97 Å². The molecular formula is C11H11F2NO3. The average molecular weight is 243 g/mol. The molecule has 0 amide bonds. The molecular weight excluding hydrogens is 232 g/mol. The maximum absolute atomic E-state index is 13.5. The third-order valence-electron chi connectivity index (χ3n) is 2.92. The van der Waals surface area contributed by atoms with E-state index < -0.39 is 35.3 Å². The Bertz CT molecular complexity index is 464. The summed E-state index contributed by atoms with van der Waals surface area (Å²) in [5, 5.41) is 20.6. The van der Waals surface area contributed by atoms with E-state index in [1.54, 1.807) is 0 Å². The van der Waals surface area contributed by atoms with E-state index in [-0.39, 0.29) is 18.5 Å². The van der Waals surface area contributed by atoms with Gasteiger partial charge in [0, 0.05) is 24.2 Å². The second-order valence-electron chi connectivity index (χ2n) is 4.06. The minimum atomic E-state index is -0.959. The number of rotatable bonds is 2. The van der Waals surface area contributed by atoms with E-state index >= 15 is 0 Å². The third-order valence-corrected chi connectivity index (χ3v) is 2.92. The molecule has 1 aliphatic rings. The van der Waals surface area contributed by atoms with Crippen LogP contribution in [0.15, 0.2) is 12.1 Å². The molecule has 1 aliphatic heterocycles. The highest BCUT2D eigenvalue weighted by atomic mass is 19.1. The number of nitrogens with one attached hydrogen (secondary N) is 1. The van der Waals surface area contributed by atoms with Crippen LogP contribution in [-0.2, 0) is 4.79 Å². The molecule has 1 aromatic carbocycles. The number of benzene rings is 1. The lowest BCUT2D eigenvalue weighted by molar-refractivity contribution is -0.141. The molecule has 4 nitrogen and oxygen atoms in total. The van der Waals surface area contributed by atoms with Crippen LogP contribution in [-0.4, -0.2) is 22.7 Å². The minimum Gasteiger partial charge on any atom is -0.505 e. The molecule has 1 heterocycles. The van der Waals surface area contributed by atoms with E-state index in [1.165, 1.54) is 0 Å². The number of halogens is 2. The van der Waals surface area contributed by atoms with E-state index in [0.29, 0.717) is 6.07 Å². The Kier molecular flexibility index (Phi) is 2.97. The molecule has 0 saturated carbocycles. The Labute approximate surface area is 95.9 Å². The summed E-state index contributed by atoms with van der Waals surface area (Å²) < 4.78 is 26.6. The van der Waals surface area contributed by atoms with Gasteiger partial charge in [-0.3, -0.25) is 4.79 Å². The Morgan fingerprint density at radius 3 is 2.65 bits per heavy atom. The number of carbonyl (C=O) groups is 1. The van der Waals surface area contributed by atoms with Crippen LogP contribution in [0.25, 0.3) is 0 Å². The monoisotopic (exact) mass is 243 g/mol. The van der Waals surface area contributed by atoms with Crippen molar-refractivity contribution in [2.75, 3.05) is 6.54 Å². The molecule has 2 atom stereocenters. The van der Waals surface area contributed by atoms with Gasteiger partial charge < -0.3 is 15.5 Å². The van der Waals surface area contributed by atoms with E-state index in [1.807, 2.05) is 0 Å². The first-order valence-corrected chi connectivity index (χ1v) is 5.13. The maximum Gasteiger partial charge on any atom is 0.307 e. The zero-order chi connectivity index (χ0) is 12.6. The van der Waals surface area contributed by atoms with Gasteiger partial charge in [-0.25, -0.2) is 8.78 Å². The molecule has 1 aromatic rings. The van der Waals surface area contributed by atoms with Crippen LogP contribution in [0.5, 0.6) is 5.75 Å². The first kappa shape index (κ1) is 11.8. The highest BCUT2D eigenvalue weighted by molar-refractivity contribution is 5.70. The van der Waals surface area contributed by atoms with E-state index in [0.717, 1.165) is 6.07 Å². The zero-order valence-electron chi connectivity index (χ0n) is 8.78. The fourth-order valence-electron chi connectivity index (χ4n) is 1.98. The van der Waals surface area contributed by atoms with Crippen LogP contribution in [0.3, 0.4) is 0 Å². The number of hydrogen-bond acceptors (Lipinski definition) is 3. The number of aromatic hydroxyl groups is 1. The van der Waals surface area contributed by atoms with Gasteiger partial charge in [-0.05, 0) is 12.5 Å². The van der Waals surface area contributed by atoms with Crippen molar-refractivity contribution in [3.8, 4) is 5.75 Å². The molecule has 2 unspecified atom stereocenters. The summed E-state index contributed by atoms with van der Waals surface area (Å²) >= 11 is 0. The Morgan fingerprint density at radius 2 is 2.06 bits per heavy atom. The maximum atomic E-state index is 13.5. The van der Waals surface area contributed by atoms with Crippen LogP contribution in [0.4, 0.5) is 8.78 Å². The molecule has 17 heavy (non-hydrogen) atoms. The molecule has 0 aromatic heterocycles. The van der Waals surface area contributed by atoms with E-state index in [2.05, 4.69) is 5.32 Å². The van der Waals surface area contributed by atoms with Gasteiger partial charge in [0.1, 0.15) is 5.82 Å². The van der Waals surface area contributed by atoms with Crippen LogP contribution in [0.2, 0.25) is 0 Å². The number of phenols is 1. The fourth-order valence-corrected chi connectivity index (χ4v) is 1.98. The van der Waals surface area contributed by atoms with Gasteiger partial charge in [-0.2, -0.15) is 0 Å². The SMILES string of the molecule is O=C(O)C1CNC(c2cc(F)c(O)cc2F)C1. The molecule has 0 aliphatic carbocycles. The lowest BCUT2D eigenvalue weighted by atomic mass is 9.99. The van der Waals surface area contributed by atoms with Crippen LogP contribution in [0, 0.1) is 17.6 Å². The standard InChI is InChI=1S/C11H11F2NO3/c12-7-3-10(15)8(13)2-6(7)9-1-5(4-14-9)11(16)17/h2-3,5,9,14-15H,1,4H2,(H,16,17). The fraction of sp³-hybridized carbons (Fsp3) is 0.364. The second-order valence-corrected chi connectivity index (χ2v) is 4.06. The van der Waals surface area contributed by atoms with Crippen LogP contribution in [0.1, 0.15) is 18.0 Å². The first-order valence-electron chi connectivity index (χ1n) is 5.13. The van der Waals surface area contributed by atoms with Gasteiger partial charge in [0.05, 0.1) is 5.92 Å². The predicted octanol–water partition coefficient (Wildman–Crippen LogP) is 1.41. The topological polar surface area (TPSA) is 69.6 Å². The quantitative estimate of drug-likeness (QED) is 0.734. The lowest BCUT2D eigenvalue weighted by Crippen LogP contribution is -2.17. The highest BCUT2D eigenvalue weighted by Crippen LogP contribution is 2.31. The zero-order valence-corrected chi connectivity index (χ0v) is 8.78. The molecule has 0 spiro atoms. The van der Waals surface area contributed by atoms with Crippen LogP contribution >= 0.6 is 0 Å². The number of carboxylic acid groups (broad SMARTS) is 1. The van der Waals surface area contributed by atoms with Crippen molar-refractivity contribution < 1.29 is 23.8 Å². The Morgan fingerprint density at radius 1 is 1.35 bits per heavy atom. The van der Waals surface area contributed by atoms with Gasteiger partial charge in [-0.1, -0.05) is 0 Å². The van der Waals surface area contributed by atoms with Crippen molar-refractivity contribution in [1.29, 1.82) is 0 Å². The summed E-state index contributed by atoms with van der Waals surface area (Å²) in [6.45, 7) is 0.224. The predicted molar refractivity (Wildman–Crippen MR) is 54.5 cm³/mol. The number of carboxylic acids is 1. The summed E-state index contributed by atoms with van der Waals surface area (Å²) in [6.07, 6.45) is 0.205. The van der Waals surface area contributed by atoms with Gasteiger partial charge in [-0.15, -0.1) is 0 Å². The molecule has 6 heteroatoms. The van der Waals surface area contributed by atoms with Crippen molar-refractivity contribution in [1.82, 2.24) is 5.32 Å². The second kappa shape index (κ2) is 4.29. The van der Waals surface area contributed by atoms with Crippen molar-refractivity contribution in [3.63, 3.8) is 0 Å². The highest BCUT2D eigenvalue weighted by Gasteiger charge is 2.32. The van der Waals surface area contributed by atoms with E-state index in [9.17, 15) is 13.6 Å². The van der Waals surface area contributed by atoms with Crippen molar-refractivity contribution in [2.24, 2.45) is 5.92 Å². The molecule has 2 rings (SSSR count). The van der Waals surface area contributed by atoms with Crippen molar-refractivity contribution in [3.05, 3.63) is 29.3 Å². The molecule has 3 N–H and O–H groups in total. The summed E-state index contributed by atoms with van der Waals surface area (Å²) in [4.78, 5) is 10.7. The van der Waals surface area contributed by atoms with Gasteiger partial charge >= 0.3 is 5.97 Å². The number of phenolic OH excluding ortho intramolecular Hbond substituents is 1. The molecule has 92 valence electrons. The van der Waals surface area contributed by atoms with Gasteiger partial charge in [0.25, 0.3) is 0 Å².